The zero-order chi connectivity index (χ0) is 34.2. The molecule has 11 aromatic rings. The number of furan rings is 1. The summed E-state index contributed by atoms with van der Waals surface area (Å²) in [4.78, 5) is 10.8. The van der Waals surface area contributed by atoms with Crippen molar-refractivity contribution >= 4 is 75.1 Å². The minimum absolute atomic E-state index is 0.687. The molecule has 0 saturated carbocycles. The second-order valence-corrected chi connectivity index (χ2v) is 14.4. The minimum Gasteiger partial charge on any atom is -0.455 e. The Labute approximate surface area is 303 Å². The number of benzene rings is 8. The summed E-state index contributed by atoms with van der Waals surface area (Å²) in [6.45, 7) is 0. The van der Waals surface area contributed by atoms with Crippen molar-refractivity contribution in [3.8, 4) is 44.9 Å². The highest BCUT2D eigenvalue weighted by Crippen LogP contribution is 2.44. The Morgan fingerprint density at radius 1 is 0.442 bits per heavy atom. The average molecular weight is 681 g/mol. The van der Waals surface area contributed by atoms with Crippen LogP contribution in [-0.4, -0.2) is 9.97 Å². The molecule has 0 aliphatic heterocycles. The van der Waals surface area contributed by atoms with Crippen LogP contribution in [0.4, 0.5) is 0 Å². The molecule has 4 heteroatoms. The van der Waals surface area contributed by atoms with Gasteiger partial charge in [0.05, 0.1) is 15.9 Å². The molecule has 0 fully saturated rings. The monoisotopic (exact) mass is 680 g/mol. The van der Waals surface area contributed by atoms with Gasteiger partial charge in [-0.05, 0) is 80.7 Å². The zero-order valence-electron chi connectivity index (χ0n) is 27.9. The molecular weight excluding hydrogens is 653 g/mol. The van der Waals surface area contributed by atoms with Crippen LogP contribution < -0.4 is 0 Å². The molecular formula is C48H28N2OS. The molecule has 3 heterocycles. The second-order valence-electron chi connectivity index (χ2n) is 13.3. The Balaban J connectivity index is 1.15. The maximum Gasteiger partial charge on any atom is 0.161 e. The maximum atomic E-state index is 6.71. The number of fused-ring (bicyclic) bond motifs is 8. The van der Waals surface area contributed by atoms with Gasteiger partial charge in [0, 0.05) is 37.5 Å². The highest BCUT2D eigenvalue weighted by molar-refractivity contribution is 7.26. The van der Waals surface area contributed by atoms with Gasteiger partial charge in [-0.15, -0.1) is 11.3 Å². The number of hydrogen-bond acceptors (Lipinski definition) is 4. The van der Waals surface area contributed by atoms with Gasteiger partial charge in [-0.25, -0.2) is 9.97 Å². The van der Waals surface area contributed by atoms with E-state index in [1.54, 1.807) is 11.3 Å². The van der Waals surface area contributed by atoms with Crippen molar-refractivity contribution in [2.75, 3.05) is 0 Å². The molecule has 0 saturated heterocycles. The number of rotatable bonds is 4. The molecule has 3 aromatic heterocycles. The predicted molar refractivity (Wildman–Crippen MR) is 219 cm³/mol. The molecule has 0 atom stereocenters. The lowest BCUT2D eigenvalue weighted by Gasteiger charge is -2.11. The number of aromatic nitrogens is 2. The van der Waals surface area contributed by atoms with E-state index >= 15 is 0 Å². The van der Waals surface area contributed by atoms with E-state index in [4.69, 9.17) is 14.4 Å². The molecule has 0 aliphatic carbocycles. The van der Waals surface area contributed by atoms with Crippen LogP contribution in [0.2, 0.25) is 0 Å². The highest BCUT2D eigenvalue weighted by Gasteiger charge is 2.22. The van der Waals surface area contributed by atoms with Crippen molar-refractivity contribution in [3.63, 3.8) is 0 Å². The Morgan fingerprint density at radius 2 is 1.08 bits per heavy atom. The minimum atomic E-state index is 0.687. The molecule has 0 amide bonds. The molecule has 0 N–H and O–H groups in total. The highest BCUT2D eigenvalue weighted by atomic mass is 32.1. The van der Waals surface area contributed by atoms with Crippen LogP contribution in [0.5, 0.6) is 0 Å². The quantitative estimate of drug-likeness (QED) is 0.186. The Bertz CT molecular complexity index is 3190. The molecule has 0 spiro atoms. The summed E-state index contributed by atoms with van der Waals surface area (Å²) in [6, 6.07) is 60.2. The van der Waals surface area contributed by atoms with Gasteiger partial charge in [0.25, 0.3) is 0 Å². The van der Waals surface area contributed by atoms with Crippen molar-refractivity contribution in [2.45, 2.75) is 0 Å². The molecule has 242 valence electrons. The fraction of sp³-hybridized carbons (Fsp3) is 0. The van der Waals surface area contributed by atoms with Crippen LogP contribution in [0.1, 0.15) is 0 Å². The average Bonchev–Trinajstić information content (AvgIpc) is 3.79. The van der Waals surface area contributed by atoms with Crippen LogP contribution in [0.15, 0.2) is 174 Å². The van der Waals surface area contributed by atoms with Crippen molar-refractivity contribution in [2.24, 2.45) is 0 Å². The SMILES string of the molecule is c1ccc(-c2ccc3cc(-c4nc(-c5ccc(-c6ccc7ccccc7c6)c6oc7ccccc7c56)nc5c4sc4ccccc45)ccc3c2)cc1. The Hall–Kier alpha value is -6.62. The van der Waals surface area contributed by atoms with Gasteiger partial charge in [0.15, 0.2) is 5.82 Å². The Morgan fingerprint density at radius 3 is 1.96 bits per heavy atom. The topological polar surface area (TPSA) is 38.9 Å². The summed E-state index contributed by atoms with van der Waals surface area (Å²) in [5, 5.41) is 8.00. The van der Waals surface area contributed by atoms with E-state index in [1.807, 2.05) is 12.1 Å². The van der Waals surface area contributed by atoms with Crippen LogP contribution in [0, 0.1) is 0 Å². The van der Waals surface area contributed by atoms with Gasteiger partial charge in [-0.3, -0.25) is 0 Å². The van der Waals surface area contributed by atoms with E-state index in [1.165, 1.54) is 37.4 Å². The first kappa shape index (κ1) is 29.1. The second kappa shape index (κ2) is 11.5. The third kappa shape index (κ3) is 4.58. The molecule has 0 unspecified atom stereocenters. The predicted octanol–water partition coefficient (Wildman–Crippen LogP) is 13.7. The third-order valence-electron chi connectivity index (χ3n) is 10.3. The number of hydrogen-bond donors (Lipinski definition) is 0. The van der Waals surface area contributed by atoms with E-state index in [2.05, 4.69) is 158 Å². The van der Waals surface area contributed by atoms with E-state index in [9.17, 15) is 0 Å². The number of para-hydroxylation sites is 1. The standard InChI is InChI=1S/C48H28N2OS/c1-2-10-29(11-3-1)32-19-20-34-28-36(23-21-33(34)26-32)44-47-45(39-15-7-9-17-42(39)52-47)50-48(49-44)40-25-24-37(35-22-18-30-12-4-5-13-31(30)27-35)46-43(40)38-14-6-8-16-41(38)51-46/h1-28H. The Kier molecular flexibility index (Phi) is 6.42. The summed E-state index contributed by atoms with van der Waals surface area (Å²) in [6.07, 6.45) is 0. The van der Waals surface area contributed by atoms with Gasteiger partial charge in [-0.2, -0.15) is 0 Å². The lowest BCUT2D eigenvalue weighted by molar-refractivity contribution is 0.670. The lowest BCUT2D eigenvalue weighted by Crippen LogP contribution is -1.95. The van der Waals surface area contributed by atoms with Gasteiger partial charge >= 0.3 is 0 Å². The lowest BCUT2D eigenvalue weighted by atomic mass is 9.96. The summed E-state index contributed by atoms with van der Waals surface area (Å²) in [5.74, 6) is 0.687. The molecule has 0 bridgehead atoms. The number of thiophene rings is 1. The molecule has 11 rings (SSSR count). The first-order valence-corrected chi connectivity index (χ1v) is 18.3. The van der Waals surface area contributed by atoms with Crippen molar-refractivity contribution in [1.29, 1.82) is 0 Å². The van der Waals surface area contributed by atoms with Crippen LogP contribution in [0.25, 0.3) is 109 Å². The summed E-state index contributed by atoms with van der Waals surface area (Å²) in [7, 11) is 0. The first-order valence-electron chi connectivity index (χ1n) is 17.5. The van der Waals surface area contributed by atoms with Gasteiger partial charge < -0.3 is 4.42 Å². The molecule has 3 nitrogen and oxygen atoms in total. The van der Waals surface area contributed by atoms with Crippen molar-refractivity contribution in [1.82, 2.24) is 9.97 Å². The molecule has 0 radical (unpaired) electrons. The third-order valence-corrected chi connectivity index (χ3v) is 11.4. The maximum absolute atomic E-state index is 6.71. The van der Waals surface area contributed by atoms with Crippen LogP contribution in [0.3, 0.4) is 0 Å². The van der Waals surface area contributed by atoms with E-state index < -0.39 is 0 Å². The van der Waals surface area contributed by atoms with Crippen molar-refractivity contribution < 1.29 is 4.42 Å². The summed E-state index contributed by atoms with van der Waals surface area (Å²) >= 11 is 1.76. The number of nitrogens with zero attached hydrogens (tertiary/aromatic N) is 2. The first-order chi connectivity index (χ1) is 25.7. The van der Waals surface area contributed by atoms with Crippen molar-refractivity contribution in [3.05, 3.63) is 170 Å². The van der Waals surface area contributed by atoms with Gasteiger partial charge in [0.2, 0.25) is 0 Å². The molecule has 52 heavy (non-hydrogen) atoms. The fourth-order valence-corrected chi connectivity index (χ4v) is 8.86. The largest absolute Gasteiger partial charge is 0.455 e. The van der Waals surface area contributed by atoms with Crippen LogP contribution in [-0.2, 0) is 0 Å². The smallest absolute Gasteiger partial charge is 0.161 e. The van der Waals surface area contributed by atoms with E-state index in [-0.39, 0.29) is 0 Å². The van der Waals surface area contributed by atoms with Gasteiger partial charge in [0.1, 0.15) is 11.2 Å². The summed E-state index contributed by atoms with van der Waals surface area (Å²) < 4.78 is 8.99. The zero-order valence-corrected chi connectivity index (χ0v) is 28.7. The normalized spacial score (nSPS) is 11.8. The molecule has 0 aliphatic rings. The molecule has 8 aromatic carbocycles. The van der Waals surface area contributed by atoms with E-state index in [0.29, 0.717) is 5.82 Å². The fourth-order valence-electron chi connectivity index (χ4n) is 7.71. The summed E-state index contributed by atoms with van der Waals surface area (Å²) in [5.41, 5.74) is 10.2. The van der Waals surface area contributed by atoms with E-state index in [0.717, 1.165) is 65.5 Å². The van der Waals surface area contributed by atoms with Crippen LogP contribution >= 0.6 is 11.3 Å². The van der Waals surface area contributed by atoms with Gasteiger partial charge in [-0.1, -0.05) is 127 Å².